The Hall–Kier alpha value is -2.76. The van der Waals surface area contributed by atoms with Crippen LogP contribution in [0.3, 0.4) is 0 Å². The van der Waals surface area contributed by atoms with Gasteiger partial charge in [-0.15, -0.1) is 0 Å². The number of hydrogen-bond donors (Lipinski definition) is 2. The van der Waals surface area contributed by atoms with Crippen LogP contribution in [0.25, 0.3) is 21.8 Å². The average molecular weight is 306 g/mol. The highest BCUT2D eigenvalue weighted by molar-refractivity contribution is 5.81. The van der Waals surface area contributed by atoms with Crippen LogP contribution in [0, 0.1) is 0 Å². The van der Waals surface area contributed by atoms with Crippen molar-refractivity contribution in [3.05, 3.63) is 47.8 Å². The lowest BCUT2D eigenvalue weighted by atomic mass is 9.98. The summed E-state index contributed by atoms with van der Waals surface area (Å²) in [5.74, 6) is 0.289. The van der Waals surface area contributed by atoms with E-state index >= 15 is 0 Å². The number of H-pyrrole nitrogens is 2. The minimum absolute atomic E-state index is 0.289. The van der Waals surface area contributed by atoms with E-state index in [1.165, 1.54) is 0 Å². The Morgan fingerprint density at radius 3 is 2.83 bits per heavy atom. The minimum Gasteiger partial charge on any atom is -0.281 e. The van der Waals surface area contributed by atoms with Crippen molar-refractivity contribution < 1.29 is 0 Å². The molecule has 2 N–H and O–H groups in total. The molecule has 116 valence electrons. The number of fused-ring (bicyclic) bond motifs is 2. The van der Waals surface area contributed by atoms with Crippen LogP contribution in [0.2, 0.25) is 0 Å². The molecule has 0 spiro atoms. The molecule has 0 aliphatic rings. The first-order valence-corrected chi connectivity index (χ1v) is 7.86. The van der Waals surface area contributed by atoms with Crippen molar-refractivity contribution in [3.63, 3.8) is 0 Å². The van der Waals surface area contributed by atoms with Crippen molar-refractivity contribution >= 4 is 21.8 Å². The van der Waals surface area contributed by atoms with Gasteiger partial charge in [0.2, 0.25) is 0 Å². The number of hydrogen-bond acceptors (Lipinski definition) is 4. The van der Waals surface area contributed by atoms with Crippen LogP contribution in [0.4, 0.5) is 0 Å². The number of pyridine rings is 2. The quantitative estimate of drug-likeness (QED) is 0.606. The molecule has 6 nitrogen and oxygen atoms in total. The normalized spacial score (nSPS) is 13.0. The van der Waals surface area contributed by atoms with Gasteiger partial charge in [0.25, 0.3) is 0 Å². The molecular formula is C17H18N6. The van der Waals surface area contributed by atoms with Crippen LogP contribution >= 0.6 is 0 Å². The molecule has 0 fully saturated rings. The van der Waals surface area contributed by atoms with E-state index in [0.717, 1.165) is 51.7 Å². The third kappa shape index (κ3) is 2.36. The molecule has 0 saturated heterocycles. The molecule has 4 heterocycles. The molecule has 4 rings (SSSR count). The Morgan fingerprint density at radius 2 is 1.96 bits per heavy atom. The maximum atomic E-state index is 4.61. The van der Waals surface area contributed by atoms with E-state index in [0.29, 0.717) is 0 Å². The summed E-state index contributed by atoms with van der Waals surface area (Å²) in [5.41, 5.74) is 5.19. The van der Waals surface area contributed by atoms with E-state index in [1.54, 1.807) is 12.4 Å². The van der Waals surface area contributed by atoms with Gasteiger partial charge in [-0.25, -0.2) is 0 Å². The van der Waals surface area contributed by atoms with Gasteiger partial charge in [0.1, 0.15) is 5.52 Å². The van der Waals surface area contributed by atoms with Crippen molar-refractivity contribution in [2.24, 2.45) is 0 Å². The summed E-state index contributed by atoms with van der Waals surface area (Å²) in [5, 5.41) is 17.2. The van der Waals surface area contributed by atoms with Gasteiger partial charge >= 0.3 is 0 Å². The number of aromatic nitrogens is 6. The van der Waals surface area contributed by atoms with E-state index in [-0.39, 0.29) is 5.92 Å². The molecule has 4 aromatic heterocycles. The fourth-order valence-corrected chi connectivity index (χ4v) is 3.06. The molecule has 0 amide bonds. The number of nitrogens with zero attached hydrogens (tertiary/aromatic N) is 4. The highest BCUT2D eigenvalue weighted by Crippen LogP contribution is 2.26. The predicted molar refractivity (Wildman–Crippen MR) is 89.3 cm³/mol. The zero-order chi connectivity index (χ0) is 15.8. The van der Waals surface area contributed by atoms with Gasteiger partial charge in [-0.2, -0.15) is 10.2 Å². The molecule has 23 heavy (non-hydrogen) atoms. The second-order valence-corrected chi connectivity index (χ2v) is 5.88. The van der Waals surface area contributed by atoms with Gasteiger partial charge in [0.15, 0.2) is 0 Å². The van der Waals surface area contributed by atoms with E-state index in [1.807, 2.05) is 12.3 Å². The zero-order valence-electron chi connectivity index (χ0n) is 13.2. The summed E-state index contributed by atoms with van der Waals surface area (Å²) in [7, 11) is 0. The molecule has 0 aliphatic carbocycles. The predicted octanol–water partition coefficient (Wildman–Crippen LogP) is 3.14. The van der Waals surface area contributed by atoms with Crippen molar-refractivity contribution in [3.8, 4) is 0 Å². The van der Waals surface area contributed by atoms with Crippen LogP contribution in [0.5, 0.6) is 0 Å². The van der Waals surface area contributed by atoms with Gasteiger partial charge in [0, 0.05) is 46.2 Å². The van der Waals surface area contributed by atoms with Gasteiger partial charge in [0.05, 0.1) is 11.7 Å². The average Bonchev–Trinajstić information content (AvgIpc) is 3.18. The second-order valence-electron chi connectivity index (χ2n) is 5.88. The van der Waals surface area contributed by atoms with Crippen molar-refractivity contribution in [1.29, 1.82) is 0 Å². The van der Waals surface area contributed by atoms with Crippen LogP contribution in [0.1, 0.15) is 36.8 Å². The van der Waals surface area contributed by atoms with Crippen molar-refractivity contribution in [2.45, 2.75) is 32.6 Å². The summed E-state index contributed by atoms with van der Waals surface area (Å²) in [6.07, 6.45) is 7.28. The number of aryl methyl sites for hydroxylation is 1. The topological polar surface area (TPSA) is 83.1 Å². The third-order valence-electron chi connectivity index (χ3n) is 4.32. The molecule has 0 aliphatic heterocycles. The Labute approximate surface area is 133 Å². The summed E-state index contributed by atoms with van der Waals surface area (Å²) in [6.45, 7) is 4.29. The summed E-state index contributed by atoms with van der Waals surface area (Å²) < 4.78 is 0. The molecule has 1 unspecified atom stereocenters. The Balaban J connectivity index is 1.64. The van der Waals surface area contributed by atoms with Crippen LogP contribution in [-0.4, -0.2) is 30.4 Å². The van der Waals surface area contributed by atoms with Gasteiger partial charge < -0.3 is 0 Å². The third-order valence-corrected chi connectivity index (χ3v) is 4.32. The molecule has 0 radical (unpaired) electrons. The zero-order valence-corrected chi connectivity index (χ0v) is 13.2. The fraction of sp³-hybridized carbons (Fsp3) is 0.294. The van der Waals surface area contributed by atoms with Gasteiger partial charge in [-0.1, -0.05) is 13.8 Å². The lowest BCUT2D eigenvalue weighted by molar-refractivity contribution is 0.717. The standard InChI is InChI=1S/C17H18N6/c1-3-14-13-8-19-11(7-15(13)21-20-14)6-10(2)17-12-4-5-18-9-16(12)22-23-17/h4-5,7-10H,3,6H2,1-2H3,(H,20,21)(H,22,23). The fourth-order valence-electron chi connectivity index (χ4n) is 3.06. The minimum atomic E-state index is 0.289. The molecular weight excluding hydrogens is 288 g/mol. The highest BCUT2D eigenvalue weighted by Gasteiger charge is 2.15. The van der Waals surface area contributed by atoms with E-state index in [9.17, 15) is 0 Å². The maximum Gasteiger partial charge on any atom is 0.111 e. The van der Waals surface area contributed by atoms with Crippen molar-refractivity contribution in [1.82, 2.24) is 30.4 Å². The number of nitrogens with one attached hydrogen (secondary N) is 2. The maximum absolute atomic E-state index is 4.61. The molecule has 4 aromatic rings. The largest absolute Gasteiger partial charge is 0.281 e. The van der Waals surface area contributed by atoms with E-state index in [4.69, 9.17) is 0 Å². The van der Waals surface area contributed by atoms with Gasteiger partial charge in [-0.3, -0.25) is 20.2 Å². The second kappa shape index (κ2) is 5.46. The molecule has 6 heteroatoms. The lowest BCUT2D eigenvalue weighted by Crippen LogP contribution is -2.01. The first-order valence-electron chi connectivity index (χ1n) is 7.86. The van der Waals surface area contributed by atoms with Crippen LogP contribution in [0.15, 0.2) is 30.7 Å². The first kappa shape index (κ1) is 13.9. The highest BCUT2D eigenvalue weighted by atomic mass is 15.1. The summed E-state index contributed by atoms with van der Waals surface area (Å²) in [6, 6.07) is 4.07. The summed E-state index contributed by atoms with van der Waals surface area (Å²) >= 11 is 0. The van der Waals surface area contributed by atoms with Crippen LogP contribution in [-0.2, 0) is 12.8 Å². The van der Waals surface area contributed by atoms with E-state index < -0.39 is 0 Å². The number of aromatic amines is 2. The van der Waals surface area contributed by atoms with E-state index in [2.05, 4.69) is 50.3 Å². The summed E-state index contributed by atoms with van der Waals surface area (Å²) in [4.78, 5) is 8.72. The molecule has 0 saturated carbocycles. The molecule has 0 bridgehead atoms. The van der Waals surface area contributed by atoms with Crippen LogP contribution < -0.4 is 0 Å². The smallest absolute Gasteiger partial charge is 0.111 e. The SMILES string of the molecule is CCc1[nH]nc2cc(CC(C)c3[nH]nc4cnccc34)ncc12. The molecule has 1 atom stereocenters. The van der Waals surface area contributed by atoms with Crippen molar-refractivity contribution in [2.75, 3.05) is 0 Å². The monoisotopic (exact) mass is 306 g/mol. The Bertz CT molecular complexity index is 967. The van der Waals surface area contributed by atoms with Gasteiger partial charge in [-0.05, 0) is 25.0 Å². The Kier molecular flexibility index (Phi) is 3.29. The lowest BCUT2D eigenvalue weighted by Gasteiger charge is -2.09. The first-order chi connectivity index (χ1) is 11.3. The molecule has 0 aromatic carbocycles. The number of rotatable bonds is 4. The Morgan fingerprint density at radius 1 is 1.09 bits per heavy atom.